The van der Waals surface area contributed by atoms with E-state index in [2.05, 4.69) is 14.8 Å². The molecule has 0 aromatic rings. The number of hydrogen-bond acceptors (Lipinski definition) is 3. The number of ether oxygens (including phenoxy) is 1. The standard InChI is InChI=1S/C12H22N4O/c13-11(15-4-1-5-15)14-10-12(2-3-12)16-6-8-17-9-7-16/h1-10H2,(H2,13,14). The first-order valence-corrected chi connectivity index (χ1v) is 6.68. The van der Waals surface area contributed by atoms with Crippen LogP contribution in [0.15, 0.2) is 4.99 Å². The molecule has 2 N–H and O–H groups in total. The number of rotatable bonds is 3. The molecule has 0 radical (unpaired) electrons. The van der Waals surface area contributed by atoms with Crippen LogP contribution in [0.3, 0.4) is 0 Å². The van der Waals surface area contributed by atoms with E-state index in [0.717, 1.165) is 51.9 Å². The van der Waals surface area contributed by atoms with Gasteiger partial charge < -0.3 is 15.4 Å². The summed E-state index contributed by atoms with van der Waals surface area (Å²) in [4.78, 5) is 9.30. The summed E-state index contributed by atoms with van der Waals surface area (Å²) in [6.45, 7) is 6.88. The Balaban J connectivity index is 1.56. The van der Waals surface area contributed by atoms with Crippen LogP contribution in [0.25, 0.3) is 0 Å². The van der Waals surface area contributed by atoms with Crippen LogP contribution >= 0.6 is 0 Å². The highest BCUT2D eigenvalue weighted by molar-refractivity contribution is 5.78. The Hall–Kier alpha value is -0.810. The normalized spacial score (nSPS) is 28.9. The first kappa shape index (κ1) is 11.3. The molecule has 5 nitrogen and oxygen atoms in total. The fourth-order valence-corrected chi connectivity index (χ4v) is 2.63. The van der Waals surface area contributed by atoms with Gasteiger partial charge in [-0.15, -0.1) is 0 Å². The SMILES string of the molecule is NC(=NCC1(N2CCOCC2)CC1)N1CCC1. The van der Waals surface area contributed by atoms with E-state index in [0.29, 0.717) is 5.54 Å². The molecule has 96 valence electrons. The minimum Gasteiger partial charge on any atom is -0.379 e. The quantitative estimate of drug-likeness (QED) is 0.550. The van der Waals surface area contributed by atoms with Gasteiger partial charge in [0.2, 0.25) is 0 Å². The number of morpholine rings is 1. The molecular formula is C12H22N4O. The van der Waals surface area contributed by atoms with Gasteiger partial charge in [0, 0.05) is 31.7 Å². The monoisotopic (exact) mass is 238 g/mol. The second-order valence-corrected chi connectivity index (χ2v) is 5.34. The molecule has 5 heteroatoms. The Morgan fingerprint density at radius 2 is 1.88 bits per heavy atom. The number of nitrogens with zero attached hydrogens (tertiary/aromatic N) is 3. The molecule has 1 saturated carbocycles. The second-order valence-electron chi connectivity index (χ2n) is 5.34. The predicted octanol–water partition coefficient (Wildman–Crippen LogP) is -0.128. The van der Waals surface area contributed by atoms with Crippen LogP contribution in [0.4, 0.5) is 0 Å². The maximum Gasteiger partial charge on any atom is 0.191 e. The largest absolute Gasteiger partial charge is 0.379 e. The zero-order valence-corrected chi connectivity index (χ0v) is 10.4. The fraction of sp³-hybridized carbons (Fsp3) is 0.917. The summed E-state index contributed by atoms with van der Waals surface area (Å²) in [6.07, 6.45) is 3.79. The summed E-state index contributed by atoms with van der Waals surface area (Å²) in [5, 5.41) is 0. The van der Waals surface area contributed by atoms with E-state index >= 15 is 0 Å². The molecule has 0 bridgehead atoms. The van der Waals surface area contributed by atoms with Crippen LogP contribution in [0, 0.1) is 0 Å². The summed E-state index contributed by atoms with van der Waals surface area (Å²) in [7, 11) is 0. The number of hydrogen-bond donors (Lipinski definition) is 1. The zero-order chi connectivity index (χ0) is 11.7. The van der Waals surface area contributed by atoms with Crippen molar-refractivity contribution >= 4 is 5.96 Å². The highest BCUT2D eigenvalue weighted by Gasteiger charge is 2.48. The maximum atomic E-state index is 5.98. The summed E-state index contributed by atoms with van der Waals surface area (Å²) in [5.74, 6) is 0.746. The molecule has 2 heterocycles. The van der Waals surface area contributed by atoms with Crippen LogP contribution in [0.5, 0.6) is 0 Å². The van der Waals surface area contributed by atoms with Gasteiger partial charge in [-0.3, -0.25) is 9.89 Å². The lowest BCUT2D eigenvalue weighted by Gasteiger charge is -2.35. The second kappa shape index (κ2) is 4.46. The molecule has 0 aromatic carbocycles. The van der Waals surface area contributed by atoms with Gasteiger partial charge >= 0.3 is 0 Å². The third-order valence-electron chi connectivity index (χ3n) is 4.22. The number of nitrogens with two attached hydrogens (primary N) is 1. The van der Waals surface area contributed by atoms with E-state index in [1.165, 1.54) is 19.3 Å². The van der Waals surface area contributed by atoms with E-state index in [1.807, 2.05) is 0 Å². The topological polar surface area (TPSA) is 54.1 Å². The van der Waals surface area contributed by atoms with Gasteiger partial charge in [0.1, 0.15) is 0 Å². The van der Waals surface area contributed by atoms with Crippen LogP contribution in [-0.4, -0.2) is 67.2 Å². The van der Waals surface area contributed by atoms with Crippen LogP contribution in [0.1, 0.15) is 19.3 Å². The van der Waals surface area contributed by atoms with Crippen LogP contribution in [0.2, 0.25) is 0 Å². The van der Waals surface area contributed by atoms with Gasteiger partial charge in [-0.05, 0) is 19.3 Å². The average Bonchev–Trinajstić information content (AvgIpc) is 3.06. The first-order valence-electron chi connectivity index (χ1n) is 6.68. The van der Waals surface area contributed by atoms with Gasteiger partial charge in [0.25, 0.3) is 0 Å². The lowest BCUT2D eigenvalue weighted by atomic mass is 10.2. The van der Waals surface area contributed by atoms with Gasteiger partial charge in [-0.25, -0.2) is 0 Å². The third-order valence-corrected chi connectivity index (χ3v) is 4.22. The van der Waals surface area contributed by atoms with E-state index < -0.39 is 0 Å². The van der Waals surface area contributed by atoms with Gasteiger partial charge in [-0.2, -0.15) is 0 Å². The van der Waals surface area contributed by atoms with E-state index in [4.69, 9.17) is 10.5 Å². The predicted molar refractivity (Wildman–Crippen MR) is 67.0 cm³/mol. The van der Waals surface area contributed by atoms with E-state index in [1.54, 1.807) is 0 Å². The molecule has 17 heavy (non-hydrogen) atoms. The fourth-order valence-electron chi connectivity index (χ4n) is 2.63. The Morgan fingerprint density at radius 3 is 2.41 bits per heavy atom. The van der Waals surface area contributed by atoms with Crippen molar-refractivity contribution in [2.75, 3.05) is 45.9 Å². The molecule has 0 atom stereocenters. The van der Waals surface area contributed by atoms with Gasteiger partial charge in [0.15, 0.2) is 5.96 Å². The molecule has 0 aromatic heterocycles. The van der Waals surface area contributed by atoms with Crippen molar-refractivity contribution < 1.29 is 4.74 Å². The van der Waals surface area contributed by atoms with Crippen molar-refractivity contribution in [3.63, 3.8) is 0 Å². The molecule has 3 rings (SSSR count). The molecule has 3 fully saturated rings. The number of likely N-dealkylation sites (tertiary alicyclic amines) is 1. The summed E-state index contributed by atoms with van der Waals surface area (Å²) < 4.78 is 5.40. The third kappa shape index (κ3) is 2.26. The summed E-state index contributed by atoms with van der Waals surface area (Å²) >= 11 is 0. The Labute approximate surface area is 103 Å². The number of aliphatic imine (C=N–C) groups is 1. The van der Waals surface area contributed by atoms with Crippen LogP contribution < -0.4 is 5.73 Å². The van der Waals surface area contributed by atoms with E-state index in [-0.39, 0.29) is 0 Å². The zero-order valence-electron chi connectivity index (χ0n) is 10.4. The maximum absolute atomic E-state index is 5.98. The van der Waals surface area contributed by atoms with Crippen molar-refractivity contribution in [1.29, 1.82) is 0 Å². The van der Waals surface area contributed by atoms with Crippen molar-refractivity contribution in [3.8, 4) is 0 Å². The van der Waals surface area contributed by atoms with Crippen molar-refractivity contribution in [2.24, 2.45) is 10.7 Å². The highest BCUT2D eigenvalue weighted by Crippen LogP contribution is 2.42. The molecule has 1 aliphatic carbocycles. The lowest BCUT2D eigenvalue weighted by molar-refractivity contribution is 0.0116. The molecule has 0 spiro atoms. The van der Waals surface area contributed by atoms with E-state index in [9.17, 15) is 0 Å². The highest BCUT2D eigenvalue weighted by atomic mass is 16.5. The van der Waals surface area contributed by atoms with Crippen molar-refractivity contribution in [1.82, 2.24) is 9.80 Å². The summed E-state index contributed by atoms with van der Waals surface area (Å²) in [6, 6.07) is 0. The van der Waals surface area contributed by atoms with Crippen molar-refractivity contribution in [2.45, 2.75) is 24.8 Å². The minimum absolute atomic E-state index is 0.319. The van der Waals surface area contributed by atoms with Gasteiger partial charge in [-0.1, -0.05) is 0 Å². The average molecular weight is 238 g/mol. The molecular weight excluding hydrogens is 216 g/mol. The smallest absolute Gasteiger partial charge is 0.191 e. The van der Waals surface area contributed by atoms with Gasteiger partial charge in [0.05, 0.1) is 19.8 Å². The molecule has 3 aliphatic rings. The molecule has 2 saturated heterocycles. The number of guanidine groups is 1. The summed E-state index contributed by atoms with van der Waals surface area (Å²) in [5.41, 5.74) is 6.29. The Morgan fingerprint density at radius 1 is 1.18 bits per heavy atom. The molecule has 0 unspecified atom stereocenters. The Bertz CT molecular complexity index is 304. The molecule has 0 amide bonds. The first-order chi connectivity index (χ1) is 8.30. The van der Waals surface area contributed by atoms with Crippen LogP contribution in [-0.2, 0) is 4.74 Å². The lowest BCUT2D eigenvalue weighted by Crippen LogP contribution is -2.49. The Kier molecular flexibility index (Phi) is 2.96. The van der Waals surface area contributed by atoms with Crippen molar-refractivity contribution in [3.05, 3.63) is 0 Å². The minimum atomic E-state index is 0.319. The molecule has 2 aliphatic heterocycles.